The molecule has 110 valence electrons. The first kappa shape index (κ1) is 15.0. The normalized spacial score (nSPS) is 17.6. The van der Waals surface area contributed by atoms with E-state index < -0.39 is 0 Å². The fourth-order valence-corrected chi connectivity index (χ4v) is 2.41. The van der Waals surface area contributed by atoms with Gasteiger partial charge in [-0.1, -0.05) is 12.1 Å². The van der Waals surface area contributed by atoms with Crippen LogP contribution in [0.3, 0.4) is 0 Å². The standard InChI is InChI=1S/C16H23FN2O/c1-11(10-15(20)19(2)3)18-16(12-4-5-12)13-6-8-14(17)9-7-13/h6-9,11-12,16,18H,4-5,10H2,1-3H3/t11-,16+/m1/s1. The van der Waals surface area contributed by atoms with Crippen LogP contribution in [0.15, 0.2) is 24.3 Å². The highest BCUT2D eigenvalue weighted by atomic mass is 19.1. The summed E-state index contributed by atoms with van der Waals surface area (Å²) < 4.78 is 13.0. The molecule has 1 aromatic carbocycles. The van der Waals surface area contributed by atoms with Gasteiger partial charge in [-0.3, -0.25) is 4.79 Å². The SMILES string of the molecule is C[C@H](CC(=O)N(C)C)N[C@H](c1ccc(F)cc1)C1CC1. The van der Waals surface area contributed by atoms with Gasteiger partial charge in [-0.05, 0) is 43.4 Å². The molecule has 1 aromatic rings. The summed E-state index contributed by atoms with van der Waals surface area (Å²) in [5, 5.41) is 3.53. The van der Waals surface area contributed by atoms with Crippen molar-refractivity contribution < 1.29 is 9.18 Å². The molecule has 1 N–H and O–H groups in total. The molecule has 0 heterocycles. The lowest BCUT2D eigenvalue weighted by Crippen LogP contribution is -2.36. The monoisotopic (exact) mass is 278 g/mol. The number of hydrogen-bond acceptors (Lipinski definition) is 2. The summed E-state index contributed by atoms with van der Waals surface area (Å²) in [6.45, 7) is 2.03. The highest BCUT2D eigenvalue weighted by Gasteiger charge is 2.33. The smallest absolute Gasteiger partial charge is 0.223 e. The molecule has 0 aromatic heterocycles. The van der Waals surface area contributed by atoms with Gasteiger partial charge in [0.15, 0.2) is 0 Å². The van der Waals surface area contributed by atoms with E-state index in [-0.39, 0.29) is 23.8 Å². The first-order valence-electron chi connectivity index (χ1n) is 7.19. The Morgan fingerprint density at radius 1 is 1.35 bits per heavy atom. The molecule has 1 aliphatic rings. The third-order valence-electron chi connectivity index (χ3n) is 3.77. The van der Waals surface area contributed by atoms with E-state index in [0.29, 0.717) is 12.3 Å². The van der Waals surface area contributed by atoms with Crippen molar-refractivity contribution in [1.29, 1.82) is 0 Å². The molecule has 3 nitrogen and oxygen atoms in total. The Morgan fingerprint density at radius 2 is 1.95 bits per heavy atom. The minimum absolute atomic E-state index is 0.112. The van der Waals surface area contributed by atoms with E-state index in [2.05, 4.69) is 5.32 Å². The first-order chi connectivity index (χ1) is 9.47. The molecule has 2 rings (SSSR count). The van der Waals surface area contributed by atoms with Gasteiger partial charge in [0, 0.05) is 32.6 Å². The van der Waals surface area contributed by atoms with Crippen LogP contribution < -0.4 is 5.32 Å². The Labute approximate surface area is 120 Å². The average molecular weight is 278 g/mol. The molecular weight excluding hydrogens is 255 g/mol. The van der Waals surface area contributed by atoms with E-state index in [1.165, 1.54) is 25.0 Å². The number of halogens is 1. The highest BCUT2D eigenvalue weighted by molar-refractivity contribution is 5.76. The Kier molecular flexibility index (Phi) is 4.76. The van der Waals surface area contributed by atoms with Gasteiger partial charge in [0.1, 0.15) is 5.82 Å². The predicted molar refractivity (Wildman–Crippen MR) is 77.8 cm³/mol. The van der Waals surface area contributed by atoms with Crippen molar-refractivity contribution in [3.63, 3.8) is 0 Å². The topological polar surface area (TPSA) is 32.3 Å². The van der Waals surface area contributed by atoms with Crippen LogP contribution in [0, 0.1) is 11.7 Å². The lowest BCUT2D eigenvalue weighted by molar-refractivity contribution is -0.129. The quantitative estimate of drug-likeness (QED) is 0.868. The number of amides is 1. The number of carbonyl (C=O) groups is 1. The second-order valence-electron chi connectivity index (χ2n) is 5.93. The molecule has 4 heteroatoms. The summed E-state index contributed by atoms with van der Waals surface area (Å²) in [4.78, 5) is 13.4. The van der Waals surface area contributed by atoms with Crippen LogP contribution in [-0.2, 0) is 4.79 Å². The molecule has 2 atom stereocenters. The number of benzene rings is 1. The van der Waals surface area contributed by atoms with Gasteiger partial charge in [0.05, 0.1) is 0 Å². The van der Waals surface area contributed by atoms with Crippen LogP contribution in [0.4, 0.5) is 4.39 Å². The maximum absolute atomic E-state index is 13.0. The van der Waals surface area contributed by atoms with E-state index in [9.17, 15) is 9.18 Å². The molecule has 0 bridgehead atoms. The molecule has 20 heavy (non-hydrogen) atoms. The number of rotatable bonds is 6. The van der Waals surface area contributed by atoms with Crippen molar-refractivity contribution in [3.05, 3.63) is 35.6 Å². The lowest BCUT2D eigenvalue weighted by atomic mass is 10.0. The lowest BCUT2D eigenvalue weighted by Gasteiger charge is -2.24. The Morgan fingerprint density at radius 3 is 2.45 bits per heavy atom. The maximum Gasteiger partial charge on any atom is 0.223 e. The number of carbonyl (C=O) groups excluding carboxylic acids is 1. The van der Waals surface area contributed by atoms with E-state index >= 15 is 0 Å². The second-order valence-corrected chi connectivity index (χ2v) is 5.93. The molecule has 0 saturated heterocycles. The molecule has 1 saturated carbocycles. The molecule has 1 amide bonds. The summed E-state index contributed by atoms with van der Waals surface area (Å²) in [7, 11) is 3.54. The fourth-order valence-electron chi connectivity index (χ4n) is 2.41. The third-order valence-corrected chi connectivity index (χ3v) is 3.77. The summed E-state index contributed by atoms with van der Waals surface area (Å²) in [5.74, 6) is 0.523. The van der Waals surface area contributed by atoms with Crippen LogP contribution in [0.5, 0.6) is 0 Å². The van der Waals surface area contributed by atoms with E-state index in [1.807, 2.05) is 19.1 Å². The molecule has 0 aliphatic heterocycles. The number of nitrogens with zero attached hydrogens (tertiary/aromatic N) is 1. The summed E-state index contributed by atoms with van der Waals surface area (Å²) >= 11 is 0. The van der Waals surface area contributed by atoms with Crippen molar-refractivity contribution in [3.8, 4) is 0 Å². The minimum Gasteiger partial charge on any atom is -0.349 e. The van der Waals surface area contributed by atoms with E-state index in [1.54, 1.807) is 19.0 Å². The van der Waals surface area contributed by atoms with E-state index in [4.69, 9.17) is 0 Å². The van der Waals surface area contributed by atoms with Crippen molar-refractivity contribution in [2.45, 2.75) is 38.3 Å². The van der Waals surface area contributed by atoms with Gasteiger partial charge < -0.3 is 10.2 Å². The zero-order valence-corrected chi connectivity index (χ0v) is 12.4. The minimum atomic E-state index is -0.209. The summed E-state index contributed by atoms with van der Waals surface area (Å²) in [6.07, 6.45) is 2.88. The summed E-state index contributed by atoms with van der Waals surface area (Å²) in [5.41, 5.74) is 1.11. The maximum atomic E-state index is 13.0. The zero-order chi connectivity index (χ0) is 14.7. The zero-order valence-electron chi connectivity index (χ0n) is 12.4. The van der Waals surface area contributed by atoms with Crippen LogP contribution in [0.25, 0.3) is 0 Å². The van der Waals surface area contributed by atoms with Gasteiger partial charge in [0.2, 0.25) is 5.91 Å². The van der Waals surface area contributed by atoms with Crippen LogP contribution in [0.1, 0.15) is 37.8 Å². The number of nitrogens with one attached hydrogen (secondary N) is 1. The van der Waals surface area contributed by atoms with Gasteiger partial charge in [-0.25, -0.2) is 4.39 Å². The second kappa shape index (κ2) is 6.35. The van der Waals surface area contributed by atoms with Crippen LogP contribution in [-0.4, -0.2) is 30.9 Å². The fraction of sp³-hybridized carbons (Fsp3) is 0.562. The van der Waals surface area contributed by atoms with Crippen molar-refractivity contribution in [1.82, 2.24) is 10.2 Å². The van der Waals surface area contributed by atoms with Crippen molar-refractivity contribution >= 4 is 5.91 Å². The van der Waals surface area contributed by atoms with Gasteiger partial charge >= 0.3 is 0 Å². The molecule has 0 unspecified atom stereocenters. The van der Waals surface area contributed by atoms with Crippen LogP contribution in [0.2, 0.25) is 0 Å². The molecular formula is C16H23FN2O. The largest absolute Gasteiger partial charge is 0.349 e. The van der Waals surface area contributed by atoms with Gasteiger partial charge in [-0.2, -0.15) is 0 Å². The molecule has 0 radical (unpaired) electrons. The molecule has 1 fully saturated rings. The first-order valence-corrected chi connectivity index (χ1v) is 7.19. The Hall–Kier alpha value is -1.42. The molecule has 0 spiro atoms. The van der Waals surface area contributed by atoms with Crippen molar-refractivity contribution in [2.24, 2.45) is 5.92 Å². The molecule has 1 aliphatic carbocycles. The Balaban J connectivity index is 1.99. The van der Waals surface area contributed by atoms with E-state index in [0.717, 1.165) is 5.56 Å². The number of hydrogen-bond donors (Lipinski definition) is 1. The average Bonchev–Trinajstić information content (AvgIpc) is 3.21. The highest BCUT2D eigenvalue weighted by Crippen LogP contribution is 2.41. The third kappa shape index (κ3) is 4.04. The van der Waals surface area contributed by atoms with Gasteiger partial charge in [-0.15, -0.1) is 0 Å². The Bertz CT molecular complexity index is 454. The predicted octanol–water partition coefficient (Wildman–Crippen LogP) is 2.73. The summed E-state index contributed by atoms with van der Waals surface area (Å²) in [6, 6.07) is 7.02. The van der Waals surface area contributed by atoms with Gasteiger partial charge in [0.25, 0.3) is 0 Å². The van der Waals surface area contributed by atoms with Crippen molar-refractivity contribution in [2.75, 3.05) is 14.1 Å². The van der Waals surface area contributed by atoms with Crippen LogP contribution >= 0.6 is 0 Å².